The molecule has 0 saturated carbocycles. The molecule has 1 amide bonds. The van der Waals surface area contributed by atoms with Crippen LogP contribution < -0.4 is 0 Å². The summed E-state index contributed by atoms with van der Waals surface area (Å²) in [6.07, 6.45) is 0.806. The van der Waals surface area contributed by atoms with Gasteiger partial charge in [-0.25, -0.2) is 0 Å². The highest BCUT2D eigenvalue weighted by Crippen LogP contribution is 2.24. The van der Waals surface area contributed by atoms with Crippen molar-refractivity contribution in [3.05, 3.63) is 56.2 Å². The molecule has 0 radical (unpaired) electrons. The van der Waals surface area contributed by atoms with Gasteiger partial charge in [-0.05, 0) is 45.4 Å². The first-order valence-corrected chi connectivity index (χ1v) is 7.97. The molecule has 0 bridgehead atoms. The van der Waals surface area contributed by atoms with Crippen molar-refractivity contribution in [2.45, 2.75) is 6.42 Å². The van der Waals surface area contributed by atoms with Gasteiger partial charge in [0.15, 0.2) is 5.78 Å². The molecule has 2 heterocycles. The Morgan fingerprint density at radius 1 is 1.30 bits per heavy atom. The first-order valence-electron chi connectivity index (χ1n) is 6.30. The molecule has 5 heteroatoms. The molecule has 0 atom stereocenters. The van der Waals surface area contributed by atoms with Crippen LogP contribution in [0.1, 0.15) is 25.6 Å². The van der Waals surface area contributed by atoms with Gasteiger partial charge in [-0.2, -0.15) is 0 Å². The highest BCUT2D eigenvalue weighted by Gasteiger charge is 2.26. The van der Waals surface area contributed by atoms with Gasteiger partial charge in [0.2, 0.25) is 0 Å². The summed E-state index contributed by atoms with van der Waals surface area (Å²) in [6, 6.07) is 9.45. The maximum Gasteiger partial charge on any atom is 0.254 e. The molecule has 1 aromatic heterocycles. The van der Waals surface area contributed by atoms with Gasteiger partial charge in [-0.1, -0.05) is 18.2 Å². The molecular formula is C15H12BrNO2S. The van der Waals surface area contributed by atoms with E-state index in [-0.39, 0.29) is 18.2 Å². The third-order valence-corrected chi connectivity index (χ3v) is 5.27. The van der Waals surface area contributed by atoms with Crippen LogP contribution in [0.25, 0.3) is 0 Å². The van der Waals surface area contributed by atoms with Gasteiger partial charge < -0.3 is 4.90 Å². The zero-order valence-electron chi connectivity index (χ0n) is 10.6. The molecule has 0 fully saturated rings. The molecule has 0 unspecified atom stereocenters. The van der Waals surface area contributed by atoms with Gasteiger partial charge in [0.25, 0.3) is 5.91 Å². The molecule has 3 nitrogen and oxygen atoms in total. The van der Waals surface area contributed by atoms with Crippen LogP contribution in [-0.2, 0) is 6.42 Å². The second kappa shape index (κ2) is 5.50. The van der Waals surface area contributed by atoms with Crippen LogP contribution in [0, 0.1) is 0 Å². The van der Waals surface area contributed by atoms with Gasteiger partial charge >= 0.3 is 0 Å². The monoisotopic (exact) mass is 349 g/mol. The van der Waals surface area contributed by atoms with Crippen LogP contribution >= 0.6 is 27.3 Å². The lowest BCUT2D eigenvalue weighted by Crippen LogP contribution is -2.40. The standard InChI is InChI=1S/C15H12BrNO2S/c16-12-6-8-20-14(12)13(18)9-17-7-5-10-3-1-2-4-11(10)15(17)19/h1-4,6,8H,5,7,9H2. The molecule has 2 aromatic rings. The number of Topliss-reactive ketones (excluding diaryl/α,β-unsaturated/α-hetero) is 1. The number of amides is 1. The number of carbonyl (C=O) groups is 2. The molecular weight excluding hydrogens is 338 g/mol. The van der Waals surface area contributed by atoms with E-state index in [1.54, 1.807) is 4.90 Å². The number of carbonyl (C=O) groups excluding carboxylic acids is 2. The van der Waals surface area contributed by atoms with E-state index in [9.17, 15) is 9.59 Å². The summed E-state index contributed by atoms with van der Waals surface area (Å²) >= 11 is 4.76. The lowest BCUT2D eigenvalue weighted by molar-refractivity contribution is 0.0696. The number of hydrogen-bond acceptors (Lipinski definition) is 3. The van der Waals surface area contributed by atoms with Gasteiger partial charge in [0.1, 0.15) is 0 Å². The molecule has 1 aliphatic heterocycles. The maximum absolute atomic E-state index is 12.4. The molecule has 3 rings (SSSR count). The van der Waals surface area contributed by atoms with Crippen molar-refractivity contribution < 1.29 is 9.59 Å². The molecule has 0 aliphatic carbocycles. The number of benzene rings is 1. The number of ketones is 1. The zero-order valence-corrected chi connectivity index (χ0v) is 13.0. The van der Waals surface area contributed by atoms with E-state index in [2.05, 4.69) is 15.9 Å². The summed E-state index contributed by atoms with van der Waals surface area (Å²) in [6.45, 7) is 0.747. The summed E-state index contributed by atoms with van der Waals surface area (Å²) in [5.74, 6) is -0.0625. The van der Waals surface area contributed by atoms with Crippen LogP contribution in [0.4, 0.5) is 0 Å². The summed E-state index contributed by atoms with van der Waals surface area (Å²) in [5.41, 5.74) is 1.79. The molecule has 20 heavy (non-hydrogen) atoms. The summed E-state index contributed by atoms with van der Waals surface area (Å²) in [7, 11) is 0. The Bertz CT molecular complexity index is 680. The average Bonchev–Trinajstić information content (AvgIpc) is 2.88. The number of thiophene rings is 1. The third-order valence-electron chi connectivity index (χ3n) is 3.39. The largest absolute Gasteiger partial charge is 0.331 e. The minimum absolute atomic E-state index is 0.0143. The van der Waals surface area contributed by atoms with Crippen molar-refractivity contribution >= 4 is 39.0 Å². The smallest absolute Gasteiger partial charge is 0.254 e. The number of rotatable bonds is 3. The minimum Gasteiger partial charge on any atom is -0.331 e. The van der Waals surface area contributed by atoms with Crippen molar-refractivity contribution in [3.63, 3.8) is 0 Å². The maximum atomic E-state index is 12.4. The van der Waals surface area contributed by atoms with E-state index in [0.717, 1.165) is 22.0 Å². The molecule has 0 N–H and O–H groups in total. The highest BCUT2D eigenvalue weighted by molar-refractivity contribution is 9.10. The van der Waals surface area contributed by atoms with Crippen LogP contribution in [0.3, 0.4) is 0 Å². The van der Waals surface area contributed by atoms with E-state index in [4.69, 9.17) is 0 Å². The van der Waals surface area contributed by atoms with Crippen molar-refractivity contribution in [2.75, 3.05) is 13.1 Å². The Hall–Kier alpha value is -1.46. The first-order chi connectivity index (χ1) is 9.66. The van der Waals surface area contributed by atoms with E-state index < -0.39 is 0 Å². The van der Waals surface area contributed by atoms with Crippen LogP contribution in [0.5, 0.6) is 0 Å². The SMILES string of the molecule is O=C(CN1CCc2ccccc2C1=O)c1sccc1Br. The normalized spacial score (nSPS) is 14.2. The van der Waals surface area contributed by atoms with Crippen molar-refractivity contribution in [1.82, 2.24) is 4.90 Å². The fourth-order valence-electron chi connectivity index (χ4n) is 2.36. The topological polar surface area (TPSA) is 37.4 Å². The van der Waals surface area contributed by atoms with E-state index in [0.29, 0.717) is 11.4 Å². The number of nitrogens with zero attached hydrogens (tertiary/aromatic N) is 1. The second-order valence-corrected chi connectivity index (χ2v) is 6.43. The van der Waals surface area contributed by atoms with E-state index >= 15 is 0 Å². The minimum atomic E-state index is -0.0483. The molecule has 0 saturated heterocycles. The summed E-state index contributed by atoms with van der Waals surface area (Å²) in [4.78, 5) is 26.9. The Morgan fingerprint density at radius 3 is 2.85 bits per heavy atom. The van der Waals surface area contributed by atoms with Gasteiger partial charge in [-0.15, -0.1) is 11.3 Å². The fraction of sp³-hybridized carbons (Fsp3) is 0.200. The first kappa shape index (κ1) is 13.5. The summed E-state index contributed by atoms with van der Waals surface area (Å²) in [5, 5.41) is 1.87. The fourth-order valence-corrected chi connectivity index (χ4v) is 3.89. The van der Waals surface area contributed by atoms with Crippen molar-refractivity contribution in [1.29, 1.82) is 0 Å². The average molecular weight is 350 g/mol. The van der Waals surface area contributed by atoms with Gasteiger partial charge in [-0.3, -0.25) is 9.59 Å². The van der Waals surface area contributed by atoms with Crippen LogP contribution in [0.15, 0.2) is 40.2 Å². The molecule has 0 spiro atoms. The summed E-state index contributed by atoms with van der Waals surface area (Å²) < 4.78 is 0.803. The number of hydrogen-bond donors (Lipinski definition) is 0. The Kier molecular flexibility index (Phi) is 3.72. The Morgan fingerprint density at radius 2 is 2.10 bits per heavy atom. The van der Waals surface area contributed by atoms with Crippen molar-refractivity contribution in [3.8, 4) is 0 Å². The lowest BCUT2D eigenvalue weighted by Gasteiger charge is -2.27. The lowest BCUT2D eigenvalue weighted by atomic mass is 9.99. The van der Waals surface area contributed by atoms with E-state index in [1.165, 1.54) is 11.3 Å². The Labute approximate surface area is 129 Å². The molecule has 1 aliphatic rings. The second-order valence-electron chi connectivity index (χ2n) is 4.65. The number of fused-ring (bicyclic) bond motifs is 1. The quantitative estimate of drug-likeness (QED) is 0.796. The van der Waals surface area contributed by atoms with Gasteiger partial charge in [0.05, 0.1) is 11.4 Å². The van der Waals surface area contributed by atoms with Crippen molar-refractivity contribution in [2.24, 2.45) is 0 Å². The highest BCUT2D eigenvalue weighted by atomic mass is 79.9. The predicted octanol–water partition coefficient (Wildman–Crippen LogP) is 3.39. The predicted molar refractivity (Wildman–Crippen MR) is 82.4 cm³/mol. The third kappa shape index (κ3) is 2.43. The van der Waals surface area contributed by atoms with E-state index in [1.807, 2.05) is 35.7 Å². The van der Waals surface area contributed by atoms with Gasteiger partial charge in [0, 0.05) is 16.6 Å². The van der Waals surface area contributed by atoms with Crippen LogP contribution in [-0.4, -0.2) is 29.7 Å². The van der Waals surface area contributed by atoms with Crippen LogP contribution in [0.2, 0.25) is 0 Å². The molecule has 1 aromatic carbocycles. The zero-order chi connectivity index (χ0) is 14.1. The molecule has 102 valence electrons. The number of halogens is 1. The Balaban J connectivity index is 1.79.